The largest absolute Gasteiger partial charge is 0.385 e. The van der Waals surface area contributed by atoms with Gasteiger partial charge in [0.25, 0.3) is 5.91 Å². The van der Waals surface area contributed by atoms with Crippen LogP contribution >= 0.6 is 11.3 Å². The summed E-state index contributed by atoms with van der Waals surface area (Å²) in [6.45, 7) is 11.7. The van der Waals surface area contributed by atoms with Crippen LogP contribution in [0, 0.1) is 12.3 Å². The predicted octanol–water partition coefficient (Wildman–Crippen LogP) is 3.37. The number of hydrogen-bond donors (Lipinski definition) is 1. The molecular formula is C15H26N2O2S. The summed E-state index contributed by atoms with van der Waals surface area (Å²) < 4.78 is 5.10. The van der Waals surface area contributed by atoms with Gasteiger partial charge in [0.05, 0.1) is 10.7 Å². The molecule has 114 valence electrons. The van der Waals surface area contributed by atoms with Gasteiger partial charge in [-0.2, -0.15) is 0 Å². The maximum absolute atomic E-state index is 12.2. The Morgan fingerprint density at radius 1 is 1.45 bits per heavy atom. The number of nitrogens with one attached hydrogen (secondary N) is 1. The van der Waals surface area contributed by atoms with Crippen molar-refractivity contribution in [2.45, 2.75) is 47.0 Å². The third kappa shape index (κ3) is 4.87. The monoisotopic (exact) mass is 298 g/mol. The Kier molecular flexibility index (Phi) is 6.14. The van der Waals surface area contributed by atoms with Gasteiger partial charge in [-0.25, -0.2) is 4.98 Å². The molecule has 1 N–H and O–H groups in total. The molecule has 0 saturated carbocycles. The van der Waals surface area contributed by atoms with E-state index in [1.54, 1.807) is 7.11 Å². The first kappa shape index (κ1) is 17.1. The van der Waals surface area contributed by atoms with Crippen LogP contribution in [0.25, 0.3) is 0 Å². The van der Waals surface area contributed by atoms with Crippen molar-refractivity contribution >= 4 is 17.2 Å². The van der Waals surface area contributed by atoms with Crippen LogP contribution in [0.5, 0.6) is 0 Å². The lowest BCUT2D eigenvalue weighted by molar-refractivity contribution is 0.0924. The molecule has 5 heteroatoms. The molecule has 1 amide bonds. The summed E-state index contributed by atoms with van der Waals surface area (Å²) in [5.74, 6) is 0.343. The van der Waals surface area contributed by atoms with E-state index in [1.807, 2.05) is 6.92 Å². The smallest absolute Gasteiger partial charge is 0.263 e. The third-order valence-corrected chi connectivity index (χ3v) is 4.68. The van der Waals surface area contributed by atoms with Gasteiger partial charge < -0.3 is 10.1 Å². The molecule has 1 aromatic rings. The topological polar surface area (TPSA) is 51.2 Å². The van der Waals surface area contributed by atoms with Crippen LogP contribution in [0.2, 0.25) is 0 Å². The van der Waals surface area contributed by atoms with E-state index in [0.29, 0.717) is 19.1 Å². The number of aromatic nitrogens is 1. The maximum Gasteiger partial charge on any atom is 0.263 e. The normalized spacial score (nSPS) is 11.9. The quantitative estimate of drug-likeness (QED) is 0.839. The number of thiazole rings is 1. The molecule has 1 heterocycles. The van der Waals surface area contributed by atoms with Gasteiger partial charge in [-0.1, -0.05) is 27.7 Å². The second-order valence-electron chi connectivity index (χ2n) is 6.21. The molecule has 20 heavy (non-hydrogen) atoms. The third-order valence-electron chi connectivity index (χ3n) is 3.22. The first-order chi connectivity index (χ1) is 9.26. The Labute approximate surface area is 125 Å². The van der Waals surface area contributed by atoms with Crippen LogP contribution in [0.1, 0.15) is 60.4 Å². The van der Waals surface area contributed by atoms with Crippen LogP contribution in [-0.2, 0) is 4.74 Å². The van der Waals surface area contributed by atoms with Crippen molar-refractivity contribution in [2.24, 2.45) is 5.41 Å². The SMILES string of the molecule is COCCC(C)(C)CNC(=O)c1sc(C(C)C)nc1C. The molecule has 0 aromatic carbocycles. The number of methoxy groups -OCH3 is 1. The first-order valence-electron chi connectivity index (χ1n) is 7.01. The van der Waals surface area contributed by atoms with E-state index < -0.39 is 0 Å². The van der Waals surface area contributed by atoms with E-state index in [9.17, 15) is 4.79 Å². The lowest BCUT2D eigenvalue weighted by Crippen LogP contribution is -2.34. The van der Waals surface area contributed by atoms with Crippen LogP contribution in [-0.4, -0.2) is 31.2 Å². The van der Waals surface area contributed by atoms with Gasteiger partial charge >= 0.3 is 0 Å². The van der Waals surface area contributed by atoms with Gasteiger partial charge in [-0.15, -0.1) is 11.3 Å². The number of ether oxygens (including phenoxy) is 1. The van der Waals surface area contributed by atoms with E-state index in [0.717, 1.165) is 22.0 Å². The number of carbonyl (C=O) groups excluding carboxylic acids is 1. The van der Waals surface area contributed by atoms with Crippen molar-refractivity contribution in [3.8, 4) is 0 Å². The molecule has 0 bridgehead atoms. The molecule has 0 aliphatic rings. The predicted molar refractivity (Wildman–Crippen MR) is 83.5 cm³/mol. The van der Waals surface area contributed by atoms with Crippen molar-refractivity contribution in [1.82, 2.24) is 10.3 Å². The number of aryl methyl sites for hydroxylation is 1. The molecule has 1 rings (SSSR count). The molecule has 4 nitrogen and oxygen atoms in total. The summed E-state index contributed by atoms with van der Waals surface area (Å²) in [6.07, 6.45) is 0.919. The first-order valence-corrected chi connectivity index (χ1v) is 7.83. The summed E-state index contributed by atoms with van der Waals surface area (Å²) >= 11 is 1.50. The molecule has 1 aromatic heterocycles. The minimum Gasteiger partial charge on any atom is -0.385 e. The van der Waals surface area contributed by atoms with Gasteiger partial charge in [0.15, 0.2) is 0 Å². The summed E-state index contributed by atoms with van der Waals surface area (Å²) in [5, 5.41) is 4.04. The number of carbonyl (C=O) groups is 1. The fraction of sp³-hybridized carbons (Fsp3) is 0.733. The second kappa shape index (κ2) is 7.18. The zero-order chi connectivity index (χ0) is 15.3. The molecule has 0 aliphatic carbocycles. The number of rotatable bonds is 7. The van der Waals surface area contributed by atoms with E-state index in [4.69, 9.17) is 4.74 Å². The molecule has 0 unspecified atom stereocenters. The Morgan fingerprint density at radius 2 is 2.10 bits per heavy atom. The molecule has 0 fully saturated rings. The molecule has 0 aliphatic heterocycles. The highest BCUT2D eigenvalue weighted by Gasteiger charge is 2.21. The summed E-state index contributed by atoms with van der Waals surface area (Å²) in [4.78, 5) is 17.4. The van der Waals surface area contributed by atoms with E-state index in [2.05, 4.69) is 38.0 Å². The van der Waals surface area contributed by atoms with Gasteiger partial charge in [0.1, 0.15) is 4.88 Å². The second-order valence-corrected chi connectivity index (χ2v) is 7.24. The van der Waals surface area contributed by atoms with E-state index >= 15 is 0 Å². The molecule has 0 atom stereocenters. The van der Waals surface area contributed by atoms with Crippen molar-refractivity contribution < 1.29 is 9.53 Å². The highest BCUT2D eigenvalue weighted by molar-refractivity contribution is 7.13. The van der Waals surface area contributed by atoms with Crippen molar-refractivity contribution in [1.29, 1.82) is 0 Å². The standard InChI is InChI=1S/C15H26N2O2S/c1-10(2)14-17-11(3)12(20-14)13(18)16-9-15(4,5)7-8-19-6/h10H,7-9H2,1-6H3,(H,16,18). The highest BCUT2D eigenvalue weighted by Crippen LogP contribution is 2.25. The molecule has 0 saturated heterocycles. The lowest BCUT2D eigenvalue weighted by Gasteiger charge is -2.24. The summed E-state index contributed by atoms with van der Waals surface area (Å²) in [7, 11) is 1.70. The van der Waals surface area contributed by atoms with Crippen molar-refractivity contribution in [2.75, 3.05) is 20.3 Å². The minimum absolute atomic E-state index is 0.0163. The maximum atomic E-state index is 12.2. The molecule has 0 radical (unpaired) electrons. The molecular weight excluding hydrogens is 272 g/mol. The van der Waals surface area contributed by atoms with E-state index in [-0.39, 0.29) is 11.3 Å². The van der Waals surface area contributed by atoms with Crippen LogP contribution in [0.15, 0.2) is 0 Å². The number of amides is 1. The zero-order valence-corrected chi connectivity index (χ0v) is 14.2. The fourth-order valence-corrected chi connectivity index (χ4v) is 2.73. The zero-order valence-electron chi connectivity index (χ0n) is 13.4. The van der Waals surface area contributed by atoms with E-state index in [1.165, 1.54) is 11.3 Å². The van der Waals surface area contributed by atoms with Gasteiger partial charge in [-0.05, 0) is 18.8 Å². The number of nitrogens with zero attached hydrogens (tertiary/aromatic N) is 1. The fourth-order valence-electron chi connectivity index (χ4n) is 1.74. The Balaban J connectivity index is 2.63. The van der Waals surface area contributed by atoms with Crippen LogP contribution < -0.4 is 5.32 Å². The lowest BCUT2D eigenvalue weighted by atomic mass is 9.90. The molecule has 0 spiro atoms. The van der Waals surface area contributed by atoms with Gasteiger partial charge in [0, 0.05) is 26.2 Å². The average molecular weight is 298 g/mol. The van der Waals surface area contributed by atoms with Crippen molar-refractivity contribution in [3.05, 3.63) is 15.6 Å². The van der Waals surface area contributed by atoms with Crippen molar-refractivity contribution in [3.63, 3.8) is 0 Å². The minimum atomic E-state index is -0.0163. The highest BCUT2D eigenvalue weighted by atomic mass is 32.1. The van der Waals surface area contributed by atoms with Crippen LogP contribution in [0.4, 0.5) is 0 Å². The van der Waals surface area contributed by atoms with Crippen LogP contribution in [0.3, 0.4) is 0 Å². The Hall–Kier alpha value is -0.940. The summed E-state index contributed by atoms with van der Waals surface area (Å²) in [6, 6.07) is 0. The Bertz CT molecular complexity index is 453. The summed E-state index contributed by atoms with van der Waals surface area (Å²) in [5.41, 5.74) is 0.858. The Morgan fingerprint density at radius 3 is 2.60 bits per heavy atom. The average Bonchev–Trinajstić information content (AvgIpc) is 2.76. The van der Waals surface area contributed by atoms with Gasteiger partial charge in [0.2, 0.25) is 0 Å². The van der Waals surface area contributed by atoms with Gasteiger partial charge in [-0.3, -0.25) is 4.79 Å². The number of hydrogen-bond acceptors (Lipinski definition) is 4.